The van der Waals surface area contributed by atoms with E-state index in [2.05, 4.69) is 25.1 Å². The molecule has 0 atom stereocenters. The lowest BCUT2D eigenvalue weighted by Gasteiger charge is -2.14. The second-order valence-electron chi connectivity index (χ2n) is 7.64. The second-order valence-corrected chi connectivity index (χ2v) is 7.64. The molecule has 0 aliphatic carbocycles. The SMILES string of the molecule is CCCCCCc1cc(-c2ccccc2)ccc1C(=O)c1ccccc1C(=O)OCC. The van der Waals surface area contributed by atoms with Gasteiger partial charge in [-0.2, -0.15) is 0 Å². The van der Waals surface area contributed by atoms with E-state index in [4.69, 9.17) is 4.74 Å². The van der Waals surface area contributed by atoms with Crippen molar-refractivity contribution >= 4 is 11.8 Å². The Balaban J connectivity index is 1.99. The zero-order valence-corrected chi connectivity index (χ0v) is 18.4. The molecule has 0 aromatic heterocycles. The lowest BCUT2D eigenvalue weighted by Crippen LogP contribution is -2.14. The summed E-state index contributed by atoms with van der Waals surface area (Å²) in [5.74, 6) is -0.592. The third-order valence-electron chi connectivity index (χ3n) is 5.42. The summed E-state index contributed by atoms with van der Waals surface area (Å²) in [6.45, 7) is 4.23. The molecule has 0 fully saturated rings. The quantitative estimate of drug-likeness (QED) is 0.206. The first-order valence-electron chi connectivity index (χ1n) is 11.1. The van der Waals surface area contributed by atoms with Crippen molar-refractivity contribution in [2.24, 2.45) is 0 Å². The average molecular weight is 415 g/mol. The van der Waals surface area contributed by atoms with Gasteiger partial charge in [-0.3, -0.25) is 4.79 Å². The van der Waals surface area contributed by atoms with Crippen molar-refractivity contribution in [3.63, 3.8) is 0 Å². The van der Waals surface area contributed by atoms with E-state index >= 15 is 0 Å². The average Bonchev–Trinajstić information content (AvgIpc) is 2.82. The van der Waals surface area contributed by atoms with Gasteiger partial charge < -0.3 is 4.74 Å². The summed E-state index contributed by atoms with van der Waals surface area (Å²) >= 11 is 0. The molecule has 3 rings (SSSR count). The minimum Gasteiger partial charge on any atom is -0.462 e. The number of carbonyl (C=O) groups excluding carboxylic acids is 2. The smallest absolute Gasteiger partial charge is 0.338 e. The van der Waals surface area contributed by atoms with Crippen LogP contribution >= 0.6 is 0 Å². The largest absolute Gasteiger partial charge is 0.462 e. The Morgan fingerprint density at radius 3 is 2.13 bits per heavy atom. The minimum atomic E-state index is -0.461. The number of unbranched alkanes of at least 4 members (excludes halogenated alkanes) is 3. The fraction of sp³-hybridized carbons (Fsp3) is 0.286. The third kappa shape index (κ3) is 5.69. The van der Waals surface area contributed by atoms with E-state index in [0.717, 1.165) is 36.0 Å². The molecule has 3 aromatic carbocycles. The first kappa shape index (κ1) is 22.5. The molecule has 0 unspecified atom stereocenters. The molecule has 3 aromatic rings. The number of aryl methyl sites for hydroxylation is 1. The Labute approximate surface area is 185 Å². The number of carbonyl (C=O) groups is 2. The number of ketones is 1. The van der Waals surface area contributed by atoms with E-state index < -0.39 is 5.97 Å². The molecular weight excluding hydrogens is 384 g/mol. The molecule has 160 valence electrons. The highest BCUT2D eigenvalue weighted by Gasteiger charge is 2.21. The maximum Gasteiger partial charge on any atom is 0.338 e. The van der Waals surface area contributed by atoms with Crippen LogP contribution in [0.2, 0.25) is 0 Å². The highest BCUT2D eigenvalue weighted by molar-refractivity contribution is 6.15. The van der Waals surface area contributed by atoms with Crippen molar-refractivity contribution in [2.45, 2.75) is 46.0 Å². The Morgan fingerprint density at radius 1 is 0.710 bits per heavy atom. The molecule has 0 N–H and O–H groups in total. The fourth-order valence-electron chi connectivity index (χ4n) is 3.79. The number of ether oxygens (including phenoxy) is 1. The highest BCUT2D eigenvalue weighted by Crippen LogP contribution is 2.26. The van der Waals surface area contributed by atoms with Crippen molar-refractivity contribution in [1.82, 2.24) is 0 Å². The van der Waals surface area contributed by atoms with Crippen LogP contribution < -0.4 is 0 Å². The fourth-order valence-corrected chi connectivity index (χ4v) is 3.79. The summed E-state index contributed by atoms with van der Waals surface area (Å²) in [5.41, 5.74) is 4.63. The van der Waals surface area contributed by atoms with Gasteiger partial charge in [0.1, 0.15) is 0 Å². The molecule has 0 amide bonds. The Bertz CT molecular complexity index is 1020. The van der Waals surface area contributed by atoms with Crippen LogP contribution in [0.5, 0.6) is 0 Å². The zero-order valence-electron chi connectivity index (χ0n) is 18.4. The predicted molar refractivity (Wildman–Crippen MR) is 126 cm³/mol. The van der Waals surface area contributed by atoms with Gasteiger partial charge in [-0.15, -0.1) is 0 Å². The molecule has 0 saturated carbocycles. The topological polar surface area (TPSA) is 43.4 Å². The third-order valence-corrected chi connectivity index (χ3v) is 5.42. The maximum atomic E-state index is 13.5. The van der Waals surface area contributed by atoms with Crippen LogP contribution in [0.3, 0.4) is 0 Å². The van der Waals surface area contributed by atoms with E-state index in [-0.39, 0.29) is 12.4 Å². The molecule has 3 nitrogen and oxygen atoms in total. The summed E-state index contributed by atoms with van der Waals surface area (Å²) in [6.07, 6.45) is 5.37. The van der Waals surface area contributed by atoms with Crippen molar-refractivity contribution in [2.75, 3.05) is 6.61 Å². The second kappa shape index (κ2) is 11.3. The molecule has 0 heterocycles. The molecule has 0 radical (unpaired) electrons. The summed E-state index contributed by atoms with van der Waals surface area (Å²) in [5, 5.41) is 0. The monoisotopic (exact) mass is 414 g/mol. The van der Waals surface area contributed by atoms with Crippen LogP contribution in [-0.4, -0.2) is 18.4 Å². The molecule has 0 saturated heterocycles. The minimum absolute atomic E-state index is 0.131. The van der Waals surface area contributed by atoms with Gasteiger partial charge in [-0.05, 0) is 42.5 Å². The first-order chi connectivity index (χ1) is 15.2. The molecular formula is C28H30O3. The Hall–Kier alpha value is -3.20. The zero-order chi connectivity index (χ0) is 22.1. The molecule has 0 bridgehead atoms. The number of esters is 1. The summed E-state index contributed by atoms with van der Waals surface area (Å²) in [4.78, 5) is 25.9. The number of benzene rings is 3. The van der Waals surface area contributed by atoms with Crippen molar-refractivity contribution in [3.8, 4) is 11.1 Å². The van der Waals surface area contributed by atoms with Gasteiger partial charge in [0.2, 0.25) is 0 Å². The van der Waals surface area contributed by atoms with Crippen LogP contribution in [0, 0.1) is 0 Å². The van der Waals surface area contributed by atoms with Gasteiger partial charge in [-0.1, -0.05) is 92.9 Å². The summed E-state index contributed by atoms with van der Waals surface area (Å²) in [7, 11) is 0. The Morgan fingerprint density at radius 2 is 1.42 bits per heavy atom. The van der Waals surface area contributed by atoms with Crippen LogP contribution in [0.4, 0.5) is 0 Å². The van der Waals surface area contributed by atoms with Gasteiger partial charge in [0, 0.05) is 11.1 Å². The highest BCUT2D eigenvalue weighted by atomic mass is 16.5. The number of hydrogen-bond donors (Lipinski definition) is 0. The van der Waals surface area contributed by atoms with Gasteiger partial charge >= 0.3 is 5.97 Å². The van der Waals surface area contributed by atoms with Gasteiger partial charge in [-0.25, -0.2) is 4.79 Å². The first-order valence-corrected chi connectivity index (χ1v) is 11.1. The lowest BCUT2D eigenvalue weighted by atomic mass is 9.90. The van der Waals surface area contributed by atoms with Crippen LogP contribution in [0.15, 0.2) is 72.8 Å². The van der Waals surface area contributed by atoms with Crippen LogP contribution in [0.1, 0.15) is 71.4 Å². The molecule has 0 aliphatic rings. The van der Waals surface area contributed by atoms with Crippen LogP contribution in [0.25, 0.3) is 11.1 Å². The summed E-state index contributed by atoms with van der Waals surface area (Å²) in [6, 6.07) is 23.1. The molecule has 3 heteroatoms. The van der Waals surface area contributed by atoms with Gasteiger partial charge in [0.15, 0.2) is 5.78 Å². The van der Waals surface area contributed by atoms with Crippen molar-refractivity contribution < 1.29 is 14.3 Å². The van der Waals surface area contributed by atoms with Crippen molar-refractivity contribution in [1.29, 1.82) is 0 Å². The lowest BCUT2D eigenvalue weighted by molar-refractivity contribution is 0.0523. The normalized spacial score (nSPS) is 10.6. The number of rotatable bonds is 10. The molecule has 0 spiro atoms. The number of hydrogen-bond acceptors (Lipinski definition) is 3. The van der Waals surface area contributed by atoms with E-state index in [0.29, 0.717) is 16.7 Å². The predicted octanol–water partition coefficient (Wildman–Crippen LogP) is 6.88. The molecule has 0 aliphatic heterocycles. The van der Waals surface area contributed by atoms with Gasteiger partial charge in [0.05, 0.1) is 12.2 Å². The van der Waals surface area contributed by atoms with E-state index in [9.17, 15) is 9.59 Å². The van der Waals surface area contributed by atoms with Gasteiger partial charge in [0.25, 0.3) is 0 Å². The van der Waals surface area contributed by atoms with E-state index in [1.54, 1.807) is 31.2 Å². The summed E-state index contributed by atoms with van der Waals surface area (Å²) < 4.78 is 5.16. The van der Waals surface area contributed by atoms with Crippen molar-refractivity contribution in [3.05, 3.63) is 95.1 Å². The Kier molecular flexibility index (Phi) is 8.17. The van der Waals surface area contributed by atoms with Crippen LogP contribution in [-0.2, 0) is 11.2 Å². The van der Waals surface area contributed by atoms with E-state index in [1.165, 1.54) is 12.8 Å². The van der Waals surface area contributed by atoms with E-state index in [1.807, 2.05) is 30.3 Å². The maximum absolute atomic E-state index is 13.5. The molecule has 31 heavy (non-hydrogen) atoms. The standard InChI is InChI=1S/C28H30O3/c1-3-5-6-8-15-23-20-22(21-13-9-7-10-14-21)18-19-24(23)27(29)25-16-11-12-17-26(25)28(30)31-4-2/h7,9-14,16-20H,3-6,8,15H2,1-2H3.